The van der Waals surface area contributed by atoms with Crippen molar-refractivity contribution in [2.75, 3.05) is 0 Å². The zero-order valence-electron chi connectivity index (χ0n) is 12.7. The second-order valence-electron chi connectivity index (χ2n) is 5.26. The van der Waals surface area contributed by atoms with Crippen molar-refractivity contribution in [1.29, 1.82) is 0 Å². The van der Waals surface area contributed by atoms with Crippen molar-refractivity contribution >= 4 is 21.8 Å². The summed E-state index contributed by atoms with van der Waals surface area (Å²) in [6.45, 7) is 0. The fourth-order valence-electron chi connectivity index (χ4n) is 2.46. The second-order valence-corrected chi connectivity index (χ2v) is 6.17. The number of benzene rings is 2. The van der Waals surface area contributed by atoms with Crippen LogP contribution in [0.25, 0.3) is 0 Å². The smallest absolute Gasteiger partial charge is 0.255 e. The summed E-state index contributed by atoms with van der Waals surface area (Å²) in [7, 11) is 0. The van der Waals surface area contributed by atoms with Crippen molar-refractivity contribution in [2.24, 2.45) is 0 Å². The van der Waals surface area contributed by atoms with E-state index >= 15 is 0 Å². The van der Waals surface area contributed by atoms with Crippen LogP contribution in [-0.2, 0) is 0 Å². The summed E-state index contributed by atoms with van der Waals surface area (Å²) in [6, 6.07) is 17.8. The van der Waals surface area contributed by atoms with Gasteiger partial charge in [0.1, 0.15) is 5.75 Å². The predicted molar refractivity (Wildman–Crippen MR) is 95.8 cm³/mol. The van der Waals surface area contributed by atoms with Crippen molar-refractivity contribution in [2.45, 2.75) is 6.04 Å². The third kappa shape index (κ3) is 3.63. The standard InChI is InChI=1S/C19H15BrN2O2/c20-15-6-7-17(23)16(12-15)19(24)22-18(13-4-2-1-3-5-13)14-8-10-21-11-9-14/h1-12,18,23H,(H,22,24). The minimum Gasteiger partial charge on any atom is -0.507 e. The van der Waals surface area contributed by atoms with Crippen molar-refractivity contribution in [3.63, 3.8) is 0 Å². The lowest BCUT2D eigenvalue weighted by Gasteiger charge is -2.20. The van der Waals surface area contributed by atoms with Crippen LogP contribution in [0.1, 0.15) is 27.5 Å². The number of hydrogen-bond acceptors (Lipinski definition) is 3. The molecule has 4 nitrogen and oxygen atoms in total. The number of aromatic hydroxyl groups is 1. The Bertz CT molecular complexity index is 799. The van der Waals surface area contributed by atoms with E-state index in [2.05, 4.69) is 26.2 Å². The molecule has 120 valence electrons. The monoisotopic (exact) mass is 382 g/mol. The molecule has 1 aromatic heterocycles. The summed E-state index contributed by atoms with van der Waals surface area (Å²) in [5.74, 6) is -0.406. The van der Waals surface area contributed by atoms with E-state index in [1.165, 1.54) is 6.07 Å². The summed E-state index contributed by atoms with van der Waals surface area (Å²) >= 11 is 3.32. The average Bonchev–Trinajstić information content (AvgIpc) is 2.63. The minimum absolute atomic E-state index is 0.0581. The lowest BCUT2D eigenvalue weighted by Crippen LogP contribution is -2.29. The highest BCUT2D eigenvalue weighted by molar-refractivity contribution is 9.10. The molecule has 0 saturated heterocycles. The van der Waals surface area contributed by atoms with Gasteiger partial charge in [0.25, 0.3) is 5.91 Å². The molecule has 0 radical (unpaired) electrons. The number of carbonyl (C=O) groups excluding carboxylic acids is 1. The first-order chi connectivity index (χ1) is 11.6. The average molecular weight is 383 g/mol. The van der Waals surface area contributed by atoms with Crippen LogP contribution in [0, 0.1) is 0 Å². The van der Waals surface area contributed by atoms with Crippen LogP contribution in [0.3, 0.4) is 0 Å². The van der Waals surface area contributed by atoms with E-state index in [4.69, 9.17) is 0 Å². The molecule has 0 saturated carbocycles. The first-order valence-electron chi connectivity index (χ1n) is 7.39. The summed E-state index contributed by atoms with van der Waals surface area (Å²) in [5.41, 5.74) is 2.09. The van der Waals surface area contributed by atoms with Gasteiger partial charge in [0.2, 0.25) is 0 Å². The van der Waals surface area contributed by atoms with Crippen molar-refractivity contribution in [1.82, 2.24) is 10.3 Å². The van der Waals surface area contributed by atoms with Crippen LogP contribution in [0.2, 0.25) is 0 Å². The lowest BCUT2D eigenvalue weighted by atomic mass is 9.99. The molecule has 0 spiro atoms. The third-order valence-electron chi connectivity index (χ3n) is 3.65. The van der Waals surface area contributed by atoms with Gasteiger partial charge in [-0.05, 0) is 41.5 Å². The maximum absolute atomic E-state index is 12.7. The summed E-state index contributed by atoms with van der Waals surface area (Å²) in [4.78, 5) is 16.7. The molecule has 5 heteroatoms. The van der Waals surface area contributed by atoms with Gasteiger partial charge < -0.3 is 10.4 Å². The number of amides is 1. The highest BCUT2D eigenvalue weighted by Gasteiger charge is 2.19. The van der Waals surface area contributed by atoms with Gasteiger partial charge in [-0.1, -0.05) is 46.3 Å². The van der Waals surface area contributed by atoms with Gasteiger partial charge in [-0.25, -0.2) is 0 Å². The second kappa shape index (κ2) is 7.27. The number of hydrogen-bond donors (Lipinski definition) is 2. The van der Waals surface area contributed by atoms with Gasteiger partial charge in [0, 0.05) is 16.9 Å². The minimum atomic E-state index is -0.348. The van der Waals surface area contributed by atoms with E-state index in [0.717, 1.165) is 15.6 Å². The summed E-state index contributed by atoms with van der Waals surface area (Å²) < 4.78 is 0.727. The highest BCUT2D eigenvalue weighted by Crippen LogP contribution is 2.25. The van der Waals surface area contributed by atoms with Crippen molar-refractivity contribution < 1.29 is 9.90 Å². The maximum atomic E-state index is 12.7. The van der Waals surface area contributed by atoms with E-state index in [-0.39, 0.29) is 23.3 Å². The molecule has 0 bridgehead atoms. The van der Waals surface area contributed by atoms with Gasteiger partial charge in [0.05, 0.1) is 11.6 Å². The van der Waals surface area contributed by atoms with Gasteiger partial charge in [-0.2, -0.15) is 0 Å². The van der Waals surface area contributed by atoms with E-state index < -0.39 is 0 Å². The normalized spacial score (nSPS) is 11.7. The van der Waals surface area contributed by atoms with E-state index in [1.807, 2.05) is 42.5 Å². The molecule has 2 N–H and O–H groups in total. The van der Waals surface area contributed by atoms with Gasteiger partial charge in [-0.3, -0.25) is 9.78 Å². The Kier molecular flexibility index (Phi) is 4.91. The van der Waals surface area contributed by atoms with E-state index in [1.54, 1.807) is 24.5 Å². The molecule has 1 heterocycles. The number of rotatable bonds is 4. The largest absolute Gasteiger partial charge is 0.507 e. The Morgan fingerprint density at radius 3 is 2.38 bits per heavy atom. The van der Waals surface area contributed by atoms with Gasteiger partial charge in [-0.15, -0.1) is 0 Å². The fourth-order valence-corrected chi connectivity index (χ4v) is 2.82. The zero-order valence-corrected chi connectivity index (χ0v) is 14.3. The van der Waals surface area contributed by atoms with E-state index in [0.29, 0.717) is 0 Å². The van der Waals surface area contributed by atoms with E-state index in [9.17, 15) is 9.90 Å². The predicted octanol–water partition coefficient (Wildman–Crippen LogP) is 4.07. The maximum Gasteiger partial charge on any atom is 0.255 e. The molecule has 0 aliphatic rings. The first kappa shape index (κ1) is 16.2. The SMILES string of the molecule is O=C(NC(c1ccccc1)c1ccncc1)c1cc(Br)ccc1O. The number of aromatic nitrogens is 1. The number of pyridine rings is 1. The zero-order chi connectivity index (χ0) is 16.9. The molecule has 0 aliphatic heterocycles. The van der Waals surface area contributed by atoms with Gasteiger partial charge >= 0.3 is 0 Å². The molecule has 24 heavy (non-hydrogen) atoms. The van der Waals surface area contributed by atoms with Crippen molar-refractivity contribution in [3.8, 4) is 5.75 Å². The lowest BCUT2D eigenvalue weighted by molar-refractivity contribution is 0.0940. The Balaban J connectivity index is 1.95. The molecule has 1 atom stereocenters. The number of phenolic OH excluding ortho intramolecular Hbond substituents is 1. The molecule has 3 rings (SSSR count). The molecule has 1 unspecified atom stereocenters. The fraction of sp³-hybridized carbons (Fsp3) is 0.0526. The summed E-state index contributed by atoms with van der Waals surface area (Å²) in [6.07, 6.45) is 3.38. The number of carbonyl (C=O) groups is 1. The van der Waals surface area contributed by atoms with Crippen LogP contribution in [0.15, 0.2) is 77.5 Å². The number of nitrogens with zero attached hydrogens (tertiary/aromatic N) is 1. The van der Waals surface area contributed by atoms with Crippen LogP contribution < -0.4 is 5.32 Å². The third-order valence-corrected chi connectivity index (χ3v) is 4.14. The molecular formula is C19H15BrN2O2. The van der Waals surface area contributed by atoms with Crippen LogP contribution >= 0.6 is 15.9 Å². The Morgan fingerprint density at radius 1 is 1.00 bits per heavy atom. The number of phenols is 1. The summed E-state index contributed by atoms with van der Waals surface area (Å²) in [5, 5.41) is 13.0. The number of halogens is 1. The Morgan fingerprint density at radius 2 is 1.67 bits per heavy atom. The van der Waals surface area contributed by atoms with Crippen molar-refractivity contribution in [3.05, 3.63) is 94.2 Å². The molecule has 1 amide bonds. The number of nitrogens with one attached hydrogen (secondary N) is 1. The van der Waals surface area contributed by atoms with Crippen LogP contribution in [0.5, 0.6) is 5.75 Å². The topological polar surface area (TPSA) is 62.2 Å². The Hall–Kier alpha value is -2.66. The molecule has 0 aliphatic carbocycles. The first-order valence-corrected chi connectivity index (χ1v) is 8.18. The molecule has 2 aromatic carbocycles. The van der Waals surface area contributed by atoms with Crippen LogP contribution in [0.4, 0.5) is 0 Å². The van der Waals surface area contributed by atoms with Crippen LogP contribution in [-0.4, -0.2) is 16.0 Å². The Labute approximate surface area is 148 Å². The van der Waals surface area contributed by atoms with Gasteiger partial charge in [0.15, 0.2) is 0 Å². The molecular weight excluding hydrogens is 368 g/mol. The highest BCUT2D eigenvalue weighted by atomic mass is 79.9. The molecule has 0 fully saturated rings. The quantitative estimate of drug-likeness (QED) is 0.714. The molecule has 3 aromatic rings.